The van der Waals surface area contributed by atoms with Crippen molar-refractivity contribution in [3.8, 4) is 0 Å². The normalized spacial score (nSPS) is 12.5. The minimum Gasteiger partial charge on any atom is -0.462 e. The Morgan fingerprint density at radius 3 is 0.753 bits per heavy atom. The molecule has 0 aromatic carbocycles. The zero-order valence-corrected chi connectivity index (χ0v) is 54.1. The molecule has 0 heterocycles. The minimum absolute atomic E-state index is 0.0770. The van der Waals surface area contributed by atoms with Crippen LogP contribution in [0.3, 0.4) is 0 Å². The molecule has 81 heavy (non-hydrogen) atoms. The minimum atomic E-state index is -0.782. The monoisotopic (exact) mass is 1130 g/mol. The van der Waals surface area contributed by atoms with E-state index in [9.17, 15) is 14.4 Å². The van der Waals surface area contributed by atoms with Gasteiger partial charge in [0.1, 0.15) is 13.2 Å². The summed E-state index contributed by atoms with van der Waals surface area (Å²) >= 11 is 0. The Hall–Kier alpha value is -3.15. The molecule has 0 radical (unpaired) electrons. The predicted octanol–water partition coefficient (Wildman–Crippen LogP) is 24.4. The first-order valence-corrected chi connectivity index (χ1v) is 35.4. The van der Waals surface area contributed by atoms with E-state index in [0.717, 1.165) is 109 Å². The van der Waals surface area contributed by atoms with Crippen LogP contribution in [0.4, 0.5) is 0 Å². The zero-order valence-electron chi connectivity index (χ0n) is 54.1. The van der Waals surface area contributed by atoms with Crippen LogP contribution in [0, 0.1) is 0 Å². The van der Waals surface area contributed by atoms with Crippen LogP contribution >= 0.6 is 0 Å². The van der Waals surface area contributed by atoms with Crippen LogP contribution in [0.25, 0.3) is 0 Å². The fourth-order valence-corrected chi connectivity index (χ4v) is 10.5. The van der Waals surface area contributed by atoms with Gasteiger partial charge in [-0.05, 0) is 70.6 Å². The number of hydrogen-bond donors (Lipinski definition) is 0. The maximum Gasteiger partial charge on any atom is 0.306 e. The van der Waals surface area contributed by atoms with Crippen LogP contribution in [0.5, 0.6) is 0 Å². The second-order valence-corrected chi connectivity index (χ2v) is 23.8. The summed E-state index contributed by atoms with van der Waals surface area (Å²) in [6.45, 7) is 6.56. The number of ether oxygens (including phenoxy) is 3. The Morgan fingerprint density at radius 2 is 0.481 bits per heavy atom. The molecule has 0 saturated carbocycles. The van der Waals surface area contributed by atoms with E-state index in [1.54, 1.807) is 0 Å². The highest BCUT2D eigenvalue weighted by Gasteiger charge is 2.19. The van der Waals surface area contributed by atoms with Crippen LogP contribution in [-0.4, -0.2) is 37.2 Å². The van der Waals surface area contributed by atoms with E-state index in [0.29, 0.717) is 19.3 Å². The Morgan fingerprint density at radius 1 is 0.259 bits per heavy atom. The summed E-state index contributed by atoms with van der Waals surface area (Å²) in [4.78, 5) is 38.3. The maximum atomic E-state index is 12.9. The Bertz CT molecular complexity index is 1490. The van der Waals surface area contributed by atoms with Crippen LogP contribution < -0.4 is 0 Å². The van der Waals surface area contributed by atoms with Crippen molar-refractivity contribution < 1.29 is 28.6 Å². The highest BCUT2D eigenvalue weighted by molar-refractivity contribution is 5.71. The molecule has 0 aliphatic heterocycles. The Kier molecular flexibility index (Phi) is 66.6. The lowest BCUT2D eigenvalue weighted by Crippen LogP contribution is -2.30. The van der Waals surface area contributed by atoms with Gasteiger partial charge in [0.2, 0.25) is 0 Å². The van der Waals surface area contributed by atoms with E-state index in [1.807, 2.05) is 0 Å². The lowest BCUT2D eigenvalue weighted by Gasteiger charge is -2.18. The SMILES string of the molecule is CC/C=C\C/C=C\C/C=C\C/C=C\C/C=C\C/C=C\CCCCCCCCC(=O)OC(COC(=O)CCCCCCCCCCCC)COC(=O)CCCCCCCCCCCCCCCCCCCCCCCCCCCCCC. The number of unbranched alkanes of at least 4 members (excludes halogenated alkanes) is 42. The van der Waals surface area contributed by atoms with E-state index >= 15 is 0 Å². The number of hydrogen-bond acceptors (Lipinski definition) is 6. The number of carbonyl (C=O) groups excluding carboxylic acids is 3. The van der Waals surface area contributed by atoms with Gasteiger partial charge >= 0.3 is 17.9 Å². The molecule has 0 spiro atoms. The molecule has 0 bridgehead atoms. The van der Waals surface area contributed by atoms with E-state index in [1.165, 1.54) is 218 Å². The molecule has 0 saturated heterocycles. The van der Waals surface area contributed by atoms with E-state index in [-0.39, 0.29) is 31.1 Å². The van der Waals surface area contributed by atoms with Crippen LogP contribution in [0.15, 0.2) is 72.9 Å². The van der Waals surface area contributed by atoms with Crippen molar-refractivity contribution in [2.24, 2.45) is 0 Å². The summed E-state index contributed by atoms with van der Waals surface area (Å²) in [5.74, 6) is -0.873. The first-order chi connectivity index (χ1) is 40.0. The second-order valence-electron chi connectivity index (χ2n) is 23.8. The zero-order chi connectivity index (χ0) is 58.5. The molecule has 0 aromatic rings. The van der Waals surface area contributed by atoms with Crippen molar-refractivity contribution in [3.63, 3.8) is 0 Å². The molecule has 6 nitrogen and oxygen atoms in total. The Labute approximate surface area is 503 Å². The van der Waals surface area contributed by atoms with Gasteiger partial charge < -0.3 is 14.2 Å². The van der Waals surface area contributed by atoms with Crippen molar-refractivity contribution in [3.05, 3.63) is 72.9 Å². The van der Waals surface area contributed by atoms with Gasteiger partial charge in [-0.25, -0.2) is 0 Å². The van der Waals surface area contributed by atoms with Crippen molar-refractivity contribution in [2.45, 2.75) is 374 Å². The average Bonchev–Trinajstić information content (AvgIpc) is 3.47. The summed E-state index contributed by atoms with van der Waals surface area (Å²) < 4.78 is 16.9. The van der Waals surface area contributed by atoms with Gasteiger partial charge in [-0.3, -0.25) is 14.4 Å². The summed E-state index contributed by atoms with van der Waals surface area (Å²) in [7, 11) is 0. The highest BCUT2D eigenvalue weighted by Crippen LogP contribution is 2.18. The van der Waals surface area contributed by atoms with Crippen LogP contribution in [0.1, 0.15) is 367 Å². The van der Waals surface area contributed by atoms with Crippen molar-refractivity contribution in [1.29, 1.82) is 0 Å². The standard InChI is InChI=1S/C75H134O6/c1-4-7-10-13-16-19-22-24-26-28-30-32-34-36-37-38-40-41-43-45-47-49-51-53-56-59-62-65-68-74(77)80-71-72(70-79-73(76)67-64-61-58-55-21-18-15-12-9-6-3)81-75(78)69-66-63-60-57-54-52-50-48-46-44-42-39-35-33-31-29-27-25-23-20-17-14-11-8-5-2/h8,11,17,20,25,27,31,33,39,42,46,48,72H,4-7,9-10,12-16,18-19,21-24,26,28-30,32,34-38,40-41,43-45,47,49-71H2,1-3H3/b11-8-,20-17-,27-25-,33-31-,42-39-,48-46-. The molecule has 0 fully saturated rings. The maximum absolute atomic E-state index is 12.9. The molecule has 0 N–H and O–H groups in total. The van der Waals surface area contributed by atoms with Gasteiger partial charge in [0.15, 0.2) is 6.10 Å². The molecule has 0 amide bonds. The first kappa shape index (κ1) is 77.9. The molecule has 6 heteroatoms. The lowest BCUT2D eigenvalue weighted by molar-refractivity contribution is -0.167. The topological polar surface area (TPSA) is 78.9 Å². The van der Waals surface area contributed by atoms with Gasteiger partial charge in [-0.15, -0.1) is 0 Å². The largest absolute Gasteiger partial charge is 0.462 e. The fourth-order valence-electron chi connectivity index (χ4n) is 10.5. The molecule has 0 aliphatic rings. The molecule has 0 aromatic heterocycles. The van der Waals surface area contributed by atoms with E-state index in [4.69, 9.17) is 14.2 Å². The quantitative estimate of drug-likeness (QED) is 0.0261. The van der Waals surface area contributed by atoms with Crippen LogP contribution in [-0.2, 0) is 28.6 Å². The number of esters is 3. The third kappa shape index (κ3) is 67.5. The third-order valence-corrected chi connectivity index (χ3v) is 15.7. The van der Waals surface area contributed by atoms with Crippen molar-refractivity contribution in [2.75, 3.05) is 13.2 Å². The smallest absolute Gasteiger partial charge is 0.306 e. The average molecular weight is 1130 g/mol. The van der Waals surface area contributed by atoms with E-state index in [2.05, 4.69) is 93.7 Å². The number of allylic oxidation sites excluding steroid dienone is 12. The second kappa shape index (κ2) is 69.3. The Balaban J connectivity index is 4.19. The first-order valence-electron chi connectivity index (χ1n) is 35.4. The number of carbonyl (C=O) groups is 3. The van der Waals surface area contributed by atoms with Gasteiger partial charge in [0.25, 0.3) is 0 Å². The fraction of sp³-hybridized carbons (Fsp3) is 0.800. The van der Waals surface area contributed by atoms with E-state index < -0.39 is 6.10 Å². The van der Waals surface area contributed by atoms with Gasteiger partial charge in [0.05, 0.1) is 0 Å². The summed E-state index contributed by atoms with van der Waals surface area (Å²) in [5.41, 5.74) is 0. The summed E-state index contributed by atoms with van der Waals surface area (Å²) in [6.07, 6.45) is 90.9. The summed E-state index contributed by atoms with van der Waals surface area (Å²) in [5, 5.41) is 0. The predicted molar refractivity (Wildman–Crippen MR) is 353 cm³/mol. The molecule has 470 valence electrons. The third-order valence-electron chi connectivity index (χ3n) is 15.7. The van der Waals surface area contributed by atoms with Crippen LogP contribution in [0.2, 0.25) is 0 Å². The molecule has 1 atom stereocenters. The van der Waals surface area contributed by atoms with Crippen molar-refractivity contribution in [1.82, 2.24) is 0 Å². The molecule has 1 unspecified atom stereocenters. The molecule has 0 aliphatic carbocycles. The highest BCUT2D eigenvalue weighted by atomic mass is 16.6. The summed E-state index contributed by atoms with van der Waals surface area (Å²) in [6, 6.07) is 0. The molecule has 0 rings (SSSR count). The molecular weight excluding hydrogens is 997 g/mol. The van der Waals surface area contributed by atoms with Gasteiger partial charge in [0, 0.05) is 19.3 Å². The van der Waals surface area contributed by atoms with Gasteiger partial charge in [-0.2, -0.15) is 0 Å². The lowest BCUT2D eigenvalue weighted by atomic mass is 10.0. The van der Waals surface area contributed by atoms with Gasteiger partial charge in [-0.1, -0.05) is 351 Å². The van der Waals surface area contributed by atoms with Crippen molar-refractivity contribution >= 4 is 17.9 Å². The number of rotatable bonds is 65. The molecular formula is C75H134O6.